The predicted octanol–water partition coefficient (Wildman–Crippen LogP) is 2.90. The summed E-state index contributed by atoms with van der Waals surface area (Å²) in [6.07, 6.45) is 10.4. The first-order valence-corrected chi connectivity index (χ1v) is 8.69. The van der Waals surface area contributed by atoms with E-state index in [1.54, 1.807) is 0 Å². The van der Waals surface area contributed by atoms with E-state index in [0.717, 1.165) is 37.8 Å². The lowest BCUT2D eigenvalue weighted by Gasteiger charge is -2.30. The lowest BCUT2D eigenvalue weighted by Crippen LogP contribution is -2.49. The fourth-order valence-corrected chi connectivity index (χ4v) is 2.90. The van der Waals surface area contributed by atoms with Crippen molar-refractivity contribution in [3.63, 3.8) is 0 Å². The average Bonchev–Trinajstić information content (AvgIpc) is 2.95. The zero-order valence-electron chi connectivity index (χ0n) is 13.7. The Morgan fingerprint density at radius 2 is 1.90 bits per heavy atom. The van der Waals surface area contributed by atoms with E-state index >= 15 is 0 Å². The third-order valence-corrected chi connectivity index (χ3v) is 4.19. The largest absolute Gasteiger partial charge is 0.337 e. The average molecular weight is 293 g/mol. The van der Waals surface area contributed by atoms with Gasteiger partial charge < -0.3 is 10.2 Å². The van der Waals surface area contributed by atoms with Crippen LogP contribution in [0, 0.1) is 0 Å². The molecule has 0 spiro atoms. The highest BCUT2D eigenvalue weighted by Crippen LogP contribution is 2.12. The molecule has 1 atom stereocenters. The molecule has 1 unspecified atom stereocenters. The number of nitrogens with zero attached hydrogens (tertiary/aromatic N) is 3. The van der Waals surface area contributed by atoms with Crippen molar-refractivity contribution in [1.29, 1.82) is 0 Å². The molecule has 2 heterocycles. The van der Waals surface area contributed by atoms with Crippen LogP contribution in [0.15, 0.2) is 0 Å². The lowest BCUT2D eigenvalue weighted by molar-refractivity contribution is 0.479. The van der Waals surface area contributed by atoms with Gasteiger partial charge in [0.15, 0.2) is 0 Å². The molecule has 21 heavy (non-hydrogen) atoms. The molecule has 0 aliphatic carbocycles. The van der Waals surface area contributed by atoms with Gasteiger partial charge in [-0.15, -0.1) is 5.10 Å². The number of piperazine rings is 1. The summed E-state index contributed by atoms with van der Waals surface area (Å²) in [4.78, 5) is 6.92. The van der Waals surface area contributed by atoms with Gasteiger partial charge in [0.25, 0.3) is 0 Å². The molecule has 1 aromatic rings. The number of nitrogens with one attached hydrogen (secondary N) is 2. The van der Waals surface area contributed by atoms with Crippen LogP contribution >= 0.6 is 0 Å². The molecule has 0 radical (unpaired) electrons. The maximum atomic E-state index is 4.65. The Balaban J connectivity index is 1.64. The van der Waals surface area contributed by atoms with Gasteiger partial charge in [0, 0.05) is 32.1 Å². The zero-order valence-corrected chi connectivity index (χ0v) is 13.7. The Morgan fingerprint density at radius 3 is 2.67 bits per heavy atom. The predicted molar refractivity (Wildman–Crippen MR) is 87.8 cm³/mol. The van der Waals surface area contributed by atoms with Crippen LogP contribution in [-0.4, -0.2) is 40.9 Å². The van der Waals surface area contributed by atoms with E-state index in [9.17, 15) is 0 Å². The van der Waals surface area contributed by atoms with Crippen LogP contribution in [0.4, 0.5) is 5.95 Å². The zero-order chi connectivity index (χ0) is 14.9. The summed E-state index contributed by atoms with van der Waals surface area (Å²) in [6.45, 7) is 7.48. The summed E-state index contributed by atoms with van der Waals surface area (Å²) in [6, 6.07) is 0.517. The molecule has 0 saturated carbocycles. The second kappa shape index (κ2) is 9.03. The molecule has 120 valence electrons. The quantitative estimate of drug-likeness (QED) is 0.687. The first kappa shape index (κ1) is 16.3. The number of rotatable bonds is 9. The number of hydrogen-bond acceptors (Lipinski definition) is 4. The lowest BCUT2D eigenvalue weighted by atomic mass is 10.1. The minimum Gasteiger partial charge on any atom is -0.337 e. The summed E-state index contributed by atoms with van der Waals surface area (Å²) in [7, 11) is 0. The van der Waals surface area contributed by atoms with E-state index in [1.165, 1.54) is 44.9 Å². The highest BCUT2D eigenvalue weighted by Gasteiger charge is 2.19. The first-order valence-electron chi connectivity index (χ1n) is 8.69. The smallest absolute Gasteiger partial charge is 0.244 e. The van der Waals surface area contributed by atoms with Crippen molar-refractivity contribution in [3.05, 3.63) is 5.82 Å². The first-order chi connectivity index (χ1) is 10.3. The van der Waals surface area contributed by atoms with E-state index in [0.29, 0.717) is 6.04 Å². The Labute approximate surface area is 128 Å². The number of H-pyrrole nitrogens is 1. The highest BCUT2D eigenvalue weighted by molar-refractivity contribution is 5.30. The molecule has 1 aliphatic rings. The molecule has 0 bridgehead atoms. The molecule has 5 nitrogen and oxygen atoms in total. The maximum Gasteiger partial charge on any atom is 0.244 e. The number of hydrogen-bond donors (Lipinski definition) is 2. The van der Waals surface area contributed by atoms with Gasteiger partial charge in [-0.3, -0.25) is 5.10 Å². The number of aryl methyl sites for hydroxylation is 1. The van der Waals surface area contributed by atoms with Crippen molar-refractivity contribution in [1.82, 2.24) is 20.5 Å². The highest BCUT2D eigenvalue weighted by atomic mass is 15.4. The monoisotopic (exact) mass is 293 g/mol. The summed E-state index contributed by atoms with van der Waals surface area (Å²) < 4.78 is 0. The summed E-state index contributed by atoms with van der Waals surface area (Å²) in [5.74, 6) is 1.92. The molecule has 0 aromatic carbocycles. The van der Waals surface area contributed by atoms with Crippen molar-refractivity contribution in [2.75, 3.05) is 24.5 Å². The molecule has 2 N–H and O–H groups in total. The fourth-order valence-electron chi connectivity index (χ4n) is 2.90. The summed E-state index contributed by atoms with van der Waals surface area (Å²) in [5, 5.41) is 10.9. The van der Waals surface area contributed by atoms with Gasteiger partial charge >= 0.3 is 0 Å². The van der Waals surface area contributed by atoms with Crippen molar-refractivity contribution in [3.8, 4) is 0 Å². The van der Waals surface area contributed by atoms with Crippen molar-refractivity contribution >= 4 is 5.95 Å². The minimum atomic E-state index is 0.517. The topological polar surface area (TPSA) is 56.8 Å². The van der Waals surface area contributed by atoms with E-state index < -0.39 is 0 Å². The van der Waals surface area contributed by atoms with E-state index in [2.05, 4.69) is 39.2 Å². The van der Waals surface area contributed by atoms with Gasteiger partial charge in [0.05, 0.1) is 0 Å². The summed E-state index contributed by atoms with van der Waals surface area (Å²) >= 11 is 0. The Bertz CT molecular complexity index is 390. The number of unbranched alkanes of at least 4 members (excludes halogenated alkanes) is 6. The summed E-state index contributed by atoms with van der Waals surface area (Å²) in [5.41, 5.74) is 0. The van der Waals surface area contributed by atoms with Crippen LogP contribution in [0.3, 0.4) is 0 Å². The van der Waals surface area contributed by atoms with Gasteiger partial charge in [-0.25, -0.2) is 0 Å². The van der Waals surface area contributed by atoms with E-state index in [-0.39, 0.29) is 0 Å². The van der Waals surface area contributed by atoms with Crippen LogP contribution in [0.25, 0.3) is 0 Å². The Morgan fingerprint density at radius 1 is 1.14 bits per heavy atom. The van der Waals surface area contributed by atoms with Crippen molar-refractivity contribution in [2.24, 2.45) is 0 Å². The second-order valence-corrected chi connectivity index (χ2v) is 6.25. The Hall–Kier alpha value is -1.10. The van der Waals surface area contributed by atoms with Crippen LogP contribution in [0.2, 0.25) is 0 Å². The normalized spacial score (nSPS) is 19.1. The van der Waals surface area contributed by atoms with Crippen LogP contribution in [-0.2, 0) is 6.42 Å². The van der Waals surface area contributed by atoms with E-state index in [4.69, 9.17) is 0 Å². The molecule has 2 rings (SSSR count). The molecular formula is C16H31N5. The Kier molecular flexibility index (Phi) is 7.00. The molecule has 1 saturated heterocycles. The number of aromatic nitrogens is 3. The molecule has 1 fully saturated rings. The minimum absolute atomic E-state index is 0.517. The standard InChI is InChI=1S/C16H31N5/c1-3-4-5-6-7-8-9-10-15-18-16(20-19-15)21-12-11-17-14(2)13-21/h14,17H,3-13H2,1-2H3,(H,18,19,20). The van der Waals surface area contributed by atoms with Gasteiger partial charge in [-0.1, -0.05) is 45.4 Å². The van der Waals surface area contributed by atoms with Crippen molar-refractivity contribution < 1.29 is 0 Å². The van der Waals surface area contributed by atoms with E-state index in [1.807, 2.05) is 0 Å². The second-order valence-electron chi connectivity index (χ2n) is 6.25. The van der Waals surface area contributed by atoms with Crippen LogP contribution in [0.1, 0.15) is 64.6 Å². The van der Waals surface area contributed by atoms with Crippen molar-refractivity contribution in [2.45, 2.75) is 71.3 Å². The van der Waals surface area contributed by atoms with Crippen LogP contribution < -0.4 is 10.2 Å². The fraction of sp³-hybridized carbons (Fsp3) is 0.875. The number of anilines is 1. The van der Waals surface area contributed by atoms with Gasteiger partial charge in [0.2, 0.25) is 5.95 Å². The third kappa shape index (κ3) is 5.65. The molecule has 1 aromatic heterocycles. The maximum absolute atomic E-state index is 4.65. The van der Waals surface area contributed by atoms with Gasteiger partial charge in [-0.2, -0.15) is 4.98 Å². The number of aromatic amines is 1. The SMILES string of the molecule is CCCCCCCCCc1nc(N2CCNC(C)C2)n[nH]1. The molecule has 1 aliphatic heterocycles. The molecule has 0 amide bonds. The molecular weight excluding hydrogens is 262 g/mol. The third-order valence-electron chi connectivity index (χ3n) is 4.19. The molecule has 5 heteroatoms. The van der Waals surface area contributed by atoms with Gasteiger partial charge in [0.1, 0.15) is 5.82 Å². The van der Waals surface area contributed by atoms with Crippen LogP contribution in [0.5, 0.6) is 0 Å². The van der Waals surface area contributed by atoms with Gasteiger partial charge in [-0.05, 0) is 13.3 Å².